The van der Waals surface area contributed by atoms with E-state index in [4.69, 9.17) is 4.74 Å². The second-order valence-electron chi connectivity index (χ2n) is 8.23. The zero-order chi connectivity index (χ0) is 24.8. The molecule has 8 heteroatoms. The van der Waals surface area contributed by atoms with Crippen molar-refractivity contribution in [1.82, 2.24) is 10.2 Å². The molecule has 0 unspecified atom stereocenters. The number of carbonyl (C=O) groups excluding carboxylic acids is 3. The zero-order valence-corrected chi connectivity index (χ0v) is 20.3. The number of urea groups is 2. The van der Waals surface area contributed by atoms with E-state index >= 15 is 0 Å². The summed E-state index contributed by atoms with van der Waals surface area (Å²) < 4.78 is 5.29. The number of amides is 4. The van der Waals surface area contributed by atoms with Crippen LogP contribution in [0.4, 0.5) is 21.0 Å². The van der Waals surface area contributed by atoms with Crippen molar-refractivity contribution in [3.8, 4) is 0 Å². The average Bonchev–Trinajstić information content (AvgIpc) is 2.79. The summed E-state index contributed by atoms with van der Waals surface area (Å²) in [6.07, 6.45) is 0.750. The van der Waals surface area contributed by atoms with E-state index < -0.39 is 12.0 Å². The molecule has 0 aromatic heterocycles. The molecule has 1 aliphatic rings. The molecule has 34 heavy (non-hydrogen) atoms. The lowest BCUT2D eigenvalue weighted by molar-refractivity contribution is -0.139. The van der Waals surface area contributed by atoms with Crippen molar-refractivity contribution in [1.29, 1.82) is 0 Å². The minimum atomic E-state index is -0.692. The van der Waals surface area contributed by atoms with Crippen molar-refractivity contribution in [2.75, 3.05) is 23.8 Å². The Hall–Kier alpha value is -3.81. The minimum Gasteiger partial charge on any atom is -0.463 e. The summed E-state index contributed by atoms with van der Waals surface area (Å²) in [7, 11) is 0. The fourth-order valence-corrected chi connectivity index (χ4v) is 4.08. The van der Waals surface area contributed by atoms with Crippen molar-refractivity contribution in [2.45, 2.75) is 47.1 Å². The van der Waals surface area contributed by atoms with Gasteiger partial charge < -0.3 is 20.7 Å². The fraction of sp³-hybridized carbons (Fsp3) is 0.346. The van der Waals surface area contributed by atoms with Crippen LogP contribution in [0, 0.1) is 13.8 Å². The maximum Gasteiger partial charge on any atom is 0.338 e. The monoisotopic (exact) mass is 464 g/mol. The molecule has 0 saturated heterocycles. The normalized spacial score (nSPS) is 15.6. The van der Waals surface area contributed by atoms with Crippen LogP contribution in [0.2, 0.25) is 0 Å². The highest BCUT2D eigenvalue weighted by atomic mass is 16.5. The summed E-state index contributed by atoms with van der Waals surface area (Å²) in [5.74, 6) is -0.475. The Morgan fingerprint density at radius 1 is 1.03 bits per heavy atom. The maximum absolute atomic E-state index is 12.8. The van der Waals surface area contributed by atoms with Gasteiger partial charge in [-0.1, -0.05) is 37.3 Å². The van der Waals surface area contributed by atoms with Gasteiger partial charge in [-0.15, -0.1) is 0 Å². The third-order valence-corrected chi connectivity index (χ3v) is 5.74. The Morgan fingerprint density at radius 2 is 1.71 bits per heavy atom. The average molecular weight is 465 g/mol. The quantitative estimate of drug-likeness (QED) is 0.487. The van der Waals surface area contributed by atoms with E-state index in [1.807, 2.05) is 45.0 Å². The molecule has 0 fully saturated rings. The second-order valence-corrected chi connectivity index (χ2v) is 8.23. The van der Waals surface area contributed by atoms with Gasteiger partial charge in [0.25, 0.3) is 0 Å². The van der Waals surface area contributed by atoms with E-state index in [1.165, 1.54) is 0 Å². The lowest BCUT2D eigenvalue weighted by atomic mass is 9.94. The van der Waals surface area contributed by atoms with Gasteiger partial charge in [-0.25, -0.2) is 14.4 Å². The molecule has 1 heterocycles. The first-order valence-electron chi connectivity index (χ1n) is 11.5. The second kappa shape index (κ2) is 10.9. The van der Waals surface area contributed by atoms with Gasteiger partial charge in [0.15, 0.2) is 0 Å². The predicted molar refractivity (Wildman–Crippen MR) is 133 cm³/mol. The number of benzene rings is 2. The predicted octanol–water partition coefficient (Wildman–Crippen LogP) is 5.26. The highest BCUT2D eigenvalue weighted by Crippen LogP contribution is 2.32. The van der Waals surface area contributed by atoms with Crippen molar-refractivity contribution in [3.63, 3.8) is 0 Å². The number of nitrogens with one attached hydrogen (secondary N) is 3. The van der Waals surface area contributed by atoms with Gasteiger partial charge in [-0.05, 0) is 62.9 Å². The first-order chi connectivity index (χ1) is 16.3. The molecule has 3 rings (SSSR count). The van der Waals surface area contributed by atoms with E-state index in [0.717, 1.165) is 23.2 Å². The van der Waals surface area contributed by atoms with Crippen LogP contribution in [0.1, 0.15) is 49.9 Å². The zero-order valence-electron chi connectivity index (χ0n) is 20.3. The van der Waals surface area contributed by atoms with Gasteiger partial charge in [0.1, 0.15) is 0 Å². The van der Waals surface area contributed by atoms with Crippen LogP contribution in [-0.4, -0.2) is 36.1 Å². The summed E-state index contributed by atoms with van der Waals surface area (Å²) in [4.78, 5) is 39.9. The number of carbonyl (C=O) groups is 3. The Balaban J connectivity index is 1.88. The molecule has 3 N–H and O–H groups in total. The van der Waals surface area contributed by atoms with Crippen LogP contribution in [-0.2, 0) is 9.53 Å². The van der Waals surface area contributed by atoms with E-state index in [-0.39, 0.29) is 18.7 Å². The van der Waals surface area contributed by atoms with Crippen LogP contribution in [0.3, 0.4) is 0 Å². The molecule has 1 aliphatic heterocycles. The number of aryl methyl sites for hydroxylation is 2. The standard InChI is InChI=1S/C26H32N4O4/c1-6-14-30-18(5)21(24(31)34-7-2)23(29-26(30)33)19-12-9-13-20(15-19)27-25(32)28-22-16(3)10-8-11-17(22)4/h8-13,15,23H,6-7,14H2,1-5H3,(H,29,33)(H2,27,28,32)/t23-/m0/s1. The fourth-order valence-electron chi connectivity index (χ4n) is 4.08. The van der Waals surface area contributed by atoms with Gasteiger partial charge in [-0.2, -0.15) is 0 Å². The number of esters is 1. The third kappa shape index (κ3) is 5.39. The third-order valence-electron chi connectivity index (χ3n) is 5.74. The van der Waals surface area contributed by atoms with E-state index in [1.54, 1.807) is 36.9 Å². The van der Waals surface area contributed by atoms with Gasteiger partial charge in [0.05, 0.1) is 18.2 Å². The maximum atomic E-state index is 12.8. The molecule has 0 saturated carbocycles. The molecule has 1 atom stereocenters. The van der Waals surface area contributed by atoms with Crippen LogP contribution in [0.25, 0.3) is 0 Å². The van der Waals surface area contributed by atoms with Gasteiger partial charge in [-0.3, -0.25) is 4.90 Å². The molecule has 180 valence electrons. The first kappa shape index (κ1) is 24.8. The van der Waals surface area contributed by atoms with E-state index in [0.29, 0.717) is 29.1 Å². The molecule has 0 spiro atoms. The topological polar surface area (TPSA) is 99.8 Å². The molecule has 0 aliphatic carbocycles. The number of ether oxygens (including phenoxy) is 1. The largest absolute Gasteiger partial charge is 0.463 e. The molecular formula is C26H32N4O4. The molecule has 2 aromatic carbocycles. The van der Waals surface area contributed by atoms with Crippen LogP contribution < -0.4 is 16.0 Å². The first-order valence-corrected chi connectivity index (χ1v) is 11.5. The molecular weight excluding hydrogens is 432 g/mol. The molecule has 8 nitrogen and oxygen atoms in total. The minimum absolute atomic E-state index is 0.226. The van der Waals surface area contributed by atoms with E-state index in [2.05, 4.69) is 16.0 Å². The molecule has 0 bridgehead atoms. The van der Waals surface area contributed by atoms with Crippen LogP contribution >= 0.6 is 0 Å². The van der Waals surface area contributed by atoms with Crippen molar-refractivity contribution < 1.29 is 19.1 Å². The highest BCUT2D eigenvalue weighted by molar-refractivity contribution is 6.01. The Labute approximate surface area is 200 Å². The smallest absolute Gasteiger partial charge is 0.338 e. The summed E-state index contributed by atoms with van der Waals surface area (Å²) >= 11 is 0. The van der Waals surface area contributed by atoms with Gasteiger partial charge in [0, 0.05) is 23.6 Å². The summed E-state index contributed by atoms with van der Waals surface area (Å²) in [6, 6.07) is 11.5. The van der Waals surface area contributed by atoms with Crippen LogP contribution in [0.5, 0.6) is 0 Å². The summed E-state index contributed by atoms with van der Waals surface area (Å²) in [5.41, 5.74) is 4.83. The molecule has 4 amide bonds. The number of hydrogen-bond donors (Lipinski definition) is 3. The highest BCUT2D eigenvalue weighted by Gasteiger charge is 2.36. The number of allylic oxidation sites excluding steroid dienone is 1. The van der Waals surface area contributed by atoms with Crippen molar-refractivity contribution in [3.05, 3.63) is 70.4 Å². The van der Waals surface area contributed by atoms with E-state index in [9.17, 15) is 14.4 Å². The van der Waals surface area contributed by atoms with Crippen molar-refractivity contribution in [2.24, 2.45) is 0 Å². The number of anilines is 2. The summed E-state index contributed by atoms with van der Waals surface area (Å²) in [5, 5.41) is 8.66. The lowest BCUT2D eigenvalue weighted by Gasteiger charge is -2.35. The van der Waals surface area contributed by atoms with Crippen LogP contribution in [0.15, 0.2) is 53.7 Å². The Morgan fingerprint density at radius 3 is 2.35 bits per heavy atom. The Kier molecular flexibility index (Phi) is 7.94. The van der Waals surface area contributed by atoms with Gasteiger partial charge >= 0.3 is 18.0 Å². The molecule has 0 radical (unpaired) electrons. The van der Waals surface area contributed by atoms with Gasteiger partial charge in [0.2, 0.25) is 0 Å². The SMILES string of the molecule is CCCN1C(=O)N[C@@H](c2cccc(NC(=O)Nc3c(C)cccc3C)c2)C(C(=O)OCC)=C1C. The Bertz CT molecular complexity index is 1110. The molecule has 2 aromatic rings. The number of nitrogens with zero attached hydrogens (tertiary/aromatic N) is 1. The number of para-hydroxylation sites is 1. The lowest BCUT2D eigenvalue weighted by Crippen LogP contribution is -2.48. The number of rotatable bonds is 7. The van der Waals surface area contributed by atoms with Crippen molar-refractivity contribution >= 4 is 29.4 Å². The number of hydrogen-bond acceptors (Lipinski definition) is 4. The summed E-state index contributed by atoms with van der Waals surface area (Å²) in [6.45, 7) is 10.1.